The number of fused-ring (bicyclic) bond motifs is 4. The summed E-state index contributed by atoms with van der Waals surface area (Å²) in [6, 6.07) is 70.0. The van der Waals surface area contributed by atoms with Crippen LogP contribution in [0.2, 0.25) is 0 Å². The molecule has 24 heteroatoms. The zero-order valence-corrected chi connectivity index (χ0v) is 82.0. The third-order valence-corrected chi connectivity index (χ3v) is 27.0. The van der Waals surface area contributed by atoms with Crippen molar-refractivity contribution in [3.8, 4) is 51.5 Å². The number of nitrogens with zero attached hydrogens (tertiary/aromatic N) is 16. The summed E-state index contributed by atoms with van der Waals surface area (Å²) in [4.78, 5) is 21.0. The van der Waals surface area contributed by atoms with Crippen LogP contribution < -0.4 is 53.9 Å². The van der Waals surface area contributed by atoms with Gasteiger partial charge in [0, 0.05) is 195 Å². The van der Waals surface area contributed by atoms with Gasteiger partial charge in [-0.05, 0) is 257 Å². The molecule has 3 fully saturated rings. The molecule has 2 N–H and O–H groups in total. The molecule has 0 bridgehead atoms. The van der Waals surface area contributed by atoms with Crippen molar-refractivity contribution in [1.29, 1.82) is 0 Å². The molecule has 24 nitrogen and oxygen atoms in total. The molecule has 3 aliphatic heterocycles. The van der Waals surface area contributed by atoms with Crippen molar-refractivity contribution >= 4 is 78.0 Å². The SMILES string of the molecule is CCOc1ccc(-n2c(C)c3c(C)nnc(N4CCC(NC(C)=O)C4)c3c2C)cc1.CCOc1ccc(-n2c(C)c3c(C)nnc(N4CCC(c5ccccc5)(c5ccccc5)C4)c3c2C)cc1.CCOc1ccc(-n2c(C)c3c(C)nnc(N4CCN(c5ccc(C)cc5C)CC4)c3c2C)c(OC)c1.CCOc1ccc(-n2c(C)c3c(C)nnc(NCCc4ccccc4)c3c2C)cc1. The lowest BCUT2D eigenvalue weighted by Gasteiger charge is -2.37. The number of carbonyl (C=O) groups is 1. The number of aryl methyl sites for hydroxylation is 14. The highest BCUT2D eigenvalue weighted by Gasteiger charge is 2.43. The van der Waals surface area contributed by atoms with Crippen LogP contribution in [-0.2, 0) is 16.6 Å². The van der Waals surface area contributed by atoms with Gasteiger partial charge in [-0.2, -0.15) is 20.4 Å². The van der Waals surface area contributed by atoms with E-state index in [0.29, 0.717) is 26.4 Å². The average molecular weight is 1810 g/mol. The number of rotatable bonds is 24. The maximum Gasteiger partial charge on any atom is 0.217 e. The van der Waals surface area contributed by atoms with Gasteiger partial charge in [0.2, 0.25) is 5.91 Å². The minimum absolute atomic E-state index is 0.00987. The summed E-state index contributed by atoms with van der Waals surface area (Å²) in [6.07, 6.45) is 2.87. The third-order valence-electron chi connectivity index (χ3n) is 27.0. The number of aromatic nitrogens is 12. The molecule has 1 amide bonds. The lowest BCUT2D eigenvalue weighted by Crippen LogP contribution is -2.47. The van der Waals surface area contributed by atoms with Gasteiger partial charge in [0.1, 0.15) is 28.7 Å². The minimum Gasteiger partial charge on any atom is -0.494 e. The van der Waals surface area contributed by atoms with Crippen LogP contribution in [0.3, 0.4) is 0 Å². The van der Waals surface area contributed by atoms with Crippen LogP contribution in [0.4, 0.5) is 29.0 Å². The molecule has 1 unspecified atom stereocenters. The van der Waals surface area contributed by atoms with Gasteiger partial charge in [0.25, 0.3) is 0 Å². The molecule has 1 atom stereocenters. The molecule has 19 rings (SSSR count). The second-order valence-electron chi connectivity index (χ2n) is 35.6. The summed E-state index contributed by atoms with van der Waals surface area (Å²) in [7, 11) is 1.71. The van der Waals surface area contributed by atoms with E-state index in [1.54, 1.807) is 14.0 Å². The number of ether oxygens (including phenoxy) is 5. The zero-order valence-electron chi connectivity index (χ0n) is 82.0. The highest BCUT2D eigenvalue weighted by molar-refractivity contribution is 6.02. The van der Waals surface area contributed by atoms with Crippen LogP contribution in [0.25, 0.3) is 65.8 Å². The van der Waals surface area contributed by atoms with Crippen LogP contribution in [-0.4, -0.2) is 163 Å². The minimum atomic E-state index is -0.0952. The maximum absolute atomic E-state index is 11.5. The van der Waals surface area contributed by atoms with Crippen molar-refractivity contribution in [1.82, 2.24) is 64.4 Å². The van der Waals surface area contributed by atoms with Gasteiger partial charge in [0.15, 0.2) is 23.3 Å². The largest absolute Gasteiger partial charge is 0.494 e. The molecule has 0 saturated carbocycles. The van der Waals surface area contributed by atoms with Crippen LogP contribution in [0.5, 0.6) is 28.7 Å². The van der Waals surface area contributed by atoms with Crippen molar-refractivity contribution in [3.63, 3.8) is 0 Å². The topological polar surface area (TPSA) is 223 Å². The Morgan fingerprint density at radius 3 is 1.24 bits per heavy atom. The van der Waals surface area contributed by atoms with Gasteiger partial charge in [-0.25, -0.2) is 0 Å². The number of amides is 1. The Balaban J connectivity index is 0.000000131. The van der Waals surface area contributed by atoms with E-state index in [4.69, 9.17) is 33.9 Å². The first-order valence-corrected chi connectivity index (χ1v) is 47.5. The molecule has 16 aromatic rings. The Kier molecular flexibility index (Phi) is 28.6. The molecular formula is C111H128N18O6. The van der Waals surface area contributed by atoms with Gasteiger partial charge in [-0.15, -0.1) is 20.4 Å². The molecule has 0 radical (unpaired) electrons. The second kappa shape index (κ2) is 41.1. The number of piperazine rings is 1. The maximum atomic E-state index is 11.5. The van der Waals surface area contributed by atoms with Gasteiger partial charge in [-0.1, -0.05) is 109 Å². The van der Waals surface area contributed by atoms with E-state index in [2.05, 4.69) is 301 Å². The Labute approximate surface area is 793 Å². The fourth-order valence-electron chi connectivity index (χ4n) is 20.9. The quantitative estimate of drug-likeness (QED) is 0.0574. The monoisotopic (exact) mass is 1810 g/mol. The summed E-state index contributed by atoms with van der Waals surface area (Å²) >= 11 is 0. The lowest BCUT2D eigenvalue weighted by molar-refractivity contribution is -0.119. The Morgan fingerprint density at radius 2 is 0.778 bits per heavy atom. The smallest absolute Gasteiger partial charge is 0.217 e. The Bertz CT molecular complexity index is 6860. The van der Waals surface area contributed by atoms with Crippen LogP contribution >= 0.6 is 0 Å². The summed E-state index contributed by atoms with van der Waals surface area (Å²) in [5, 5.41) is 52.7. The van der Waals surface area contributed by atoms with Crippen LogP contribution in [0.15, 0.2) is 200 Å². The van der Waals surface area contributed by atoms with Gasteiger partial charge in [0.05, 0.1) is 62.0 Å². The van der Waals surface area contributed by atoms with Crippen molar-refractivity contribution in [2.75, 3.05) is 117 Å². The molecule has 11 heterocycles. The number of carbonyl (C=O) groups excluding carboxylic acids is 1. The van der Waals surface area contributed by atoms with E-state index in [1.807, 2.05) is 103 Å². The predicted molar refractivity (Wildman–Crippen MR) is 547 cm³/mol. The summed E-state index contributed by atoms with van der Waals surface area (Å²) in [5.41, 5.74) is 25.2. The van der Waals surface area contributed by atoms with Crippen molar-refractivity contribution in [3.05, 3.63) is 296 Å². The molecule has 698 valence electrons. The fraction of sp³-hybridized carbons (Fsp3) is 0.342. The lowest BCUT2D eigenvalue weighted by atomic mass is 9.74. The van der Waals surface area contributed by atoms with Crippen LogP contribution in [0.1, 0.15) is 144 Å². The van der Waals surface area contributed by atoms with E-state index >= 15 is 0 Å². The fourth-order valence-corrected chi connectivity index (χ4v) is 20.9. The molecule has 3 saturated heterocycles. The molecule has 8 aromatic carbocycles. The molecule has 8 aromatic heterocycles. The van der Waals surface area contributed by atoms with E-state index < -0.39 is 0 Å². The number of benzene rings is 8. The van der Waals surface area contributed by atoms with Gasteiger partial charge in [-0.3, -0.25) is 4.79 Å². The van der Waals surface area contributed by atoms with E-state index in [0.717, 1.165) is 226 Å². The van der Waals surface area contributed by atoms with Crippen molar-refractivity contribution in [2.45, 2.75) is 162 Å². The number of methoxy groups -OCH3 is 1. The summed E-state index contributed by atoms with van der Waals surface area (Å²) in [5.74, 6) is 7.91. The highest BCUT2D eigenvalue weighted by atomic mass is 16.5. The standard InChI is InChI=1S/C33H34N4O.C30H37N5O2.C25H28N4O.C23H29N5O2/c1-5-38-29-18-16-28(17-19-29)37-24(3)30-23(2)34-35-32(31(30)25(37)4)36-21-20-33(22-36,26-12-8-6-9-13-26)27-14-10-7-11-15-27;1-8-37-24-10-12-26(27(18-24)36-7)35-22(5)28-21(4)31-32-30(29(28)23(35)6)34-15-13-33(14-16-34)25-11-9-19(2)17-20(25)3;1-5-30-22-13-11-21(12-14-22)29-18(3)23-17(2)27-28-25(24(23)19(29)4)26-16-15-20-9-7-6-8-10-20;1-6-30-20-9-7-19(8-10-20)28-15(3)21-14(2)25-26-23(22(21)16(28)4)27-12-11-18(13-27)24-17(5)29/h6-19H,5,20-22H2,1-4H3;9-12,17-18H,8,13-16H2,1-7H3;6-14H,5,15-16H2,1-4H3,(H,26,28);7-10,18H,6,11-13H2,1-5H3,(H,24,29). The Morgan fingerprint density at radius 1 is 0.385 bits per heavy atom. The van der Waals surface area contributed by atoms with Crippen molar-refractivity contribution in [2.24, 2.45) is 0 Å². The summed E-state index contributed by atoms with van der Waals surface area (Å²) in [6.45, 7) is 49.8. The third kappa shape index (κ3) is 19.0. The first-order valence-electron chi connectivity index (χ1n) is 47.5. The Hall–Kier alpha value is -14.3. The van der Waals surface area contributed by atoms with E-state index in [-0.39, 0.29) is 17.4 Å². The number of nitrogens with one attached hydrogen (secondary N) is 2. The molecule has 3 aliphatic rings. The van der Waals surface area contributed by atoms with Crippen LogP contribution in [0, 0.1) is 96.9 Å². The first kappa shape index (κ1) is 93.9. The zero-order chi connectivity index (χ0) is 95.0. The van der Waals surface area contributed by atoms with E-state index in [1.165, 1.54) is 72.1 Å². The molecular weight excluding hydrogens is 1680 g/mol. The molecule has 135 heavy (non-hydrogen) atoms. The predicted octanol–water partition coefficient (Wildman–Crippen LogP) is 21.5. The number of hydrogen-bond acceptors (Lipinski definition) is 19. The normalized spacial score (nSPS) is 14.1. The number of anilines is 5. The van der Waals surface area contributed by atoms with Crippen molar-refractivity contribution < 1.29 is 28.5 Å². The molecule has 0 spiro atoms. The second-order valence-corrected chi connectivity index (χ2v) is 35.6. The average Bonchev–Trinajstić information content (AvgIpc) is 1.58. The highest BCUT2D eigenvalue weighted by Crippen LogP contribution is 2.47. The molecule has 0 aliphatic carbocycles. The first-order chi connectivity index (χ1) is 65.4. The number of hydrogen-bond donors (Lipinski definition) is 2. The van der Waals surface area contributed by atoms with Gasteiger partial charge >= 0.3 is 0 Å². The van der Waals surface area contributed by atoms with Gasteiger partial charge < -0.3 is 72.2 Å². The summed E-state index contributed by atoms with van der Waals surface area (Å²) < 4.78 is 37.5. The van der Waals surface area contributed by atoms with E-state index in [9.17, 15) is 4.79 Å².